The van der Waals surface area contributed by atoms with E-state index >= 15 is 0 Å². The van der Waals surface area contributed by atoms with Crippen LogP contribution in [0.25, 0.3) is 0 Å². The van der Waals surface area contributed by atoms with Crippen molar-refractivity contribution in [3.05, 3.63) is 29.8 Å². The molecule has 0 saturated carbocycles. The van der Waals surface area contributed by atoms with E-state index in [0.29, 0.717) is 18.6 Å². The van der Waals surface area contributed by atoms with Crippen LogP contribution in [-0.2, 0) is 11.2 Å². The van der Waals surface area contributed by atoms with Gasteiger partial charge in [-0.25, -0.2) is 0 Å². The average molecular weight is 242 g/mol. The molecule has 0 N–H and O–H groups in total. The summed E-state index contributed by atoms with van der Waals surface area (Å²) in [4.78, 5) is 0. The minimum absolute atomic E-state index is 0. The van der Waals surface area contributed by atoms with Gasteiger partial charge in [0.05, 0.1) is 6.61 Å². The van der Waals surface area contributed by atoms with Gasteiger partial charge in [0.1, 0.15) is 0 Å². The van der Waals surface area contributed by atoms with Crippen molar-refractivity contribution in [3.8, 4) is 0 Å². The monoisotopic (exact) mass is 242 g/mol. The summed E-state index contributed by atoms with van der Waals surface area (Å²) in [7, 11) is 1.53. The molecule has 0 spiro atoms. The minimum atomic E-state index is -4.88. The summed E-state index contributed by atoms with van der Waals surface area (Å²) in [6, 6.07) is 5.37. The predicted octanol–water partition coefficient (Wildman–Crippen LogP) is -1.07. The Bertz CT molecular complexity index is 304. The van der Waals surface area contributed by atoms with E-state index in [1.54, 1.807) is 6.07 Å². The molecule has 0 atom stereocenters. The van der Waals surface area contributed by atoms with Crippen LogP contribution in [0, 0.1) is 0 Å². The molecule has 0 saturated heterocycles. The molecule has 0 radical (unpaired) electrons. The number of halogens is 3. The number of hydrogen-bond donors (Lipinski definition) is 0. The molecule has 0 aliphatic rings. The van der Waals surface area contributed by atoms with Gasteiger partial charge in [-0.2, -0.15) is 0 Å². The largest absolute Gasteiger partial charge is 1.00 e. The molecule has 0 bridgehead atoms. The van der Waals surface area contributed by atoms with Crippen LogP contribution in [0.1, 0.15) is 5.56 Å². The maximum Gasteiger partial charge on any atom is 1.00 e. The van der Waals surface area contributed by atoms with Crippen molar-refractivity contribution in [2.24, 2.45) is 0 Å². The van der Waals surface area contributed by atoms with Gasteiger partial charge >= 0.3 is 58.4 Å². The van der Waals surface area contributed by atoms with Gasteiger partial charge in [0.2, 0.25) is 0 Å². The Kier molecular flexibility index (Phi) is 7.40. The van der Waals surface area contributed by atoms with Gasteiger partial charge in [0, 0.05) is 7.11 Å². The Morgan fingerprint density at radius 3 is 2.47 bits per heavy atom. The second-order valence-electron chi connectivity index (χ2n) is 3.06. The minimum Gasteiger partial charge on any atom is -0.445 e. The van der Waals surface area contributed by atoms with Gasteiger partial charge in [0.25, 0.3) is 0 Å². The third-order valence-corrected chi connectivity index (χ3v) is 1.92. The first-order chi connectivity index (χ1) is 6.54. The fourth-order valence-electron chi connectivity index (χ4n) is 1.17. The summed E-state index contributed by atoms with van der Waals surface area (Å²) >= 11 is 0. The smallest absolute Gasteiger partial charge is 0.445 e. The molecule has 6 heteroatoms. The van der Waals surface area contributed by atoms with Gasteiger partial charge in [-0.05, 0) is 12.0 Å². The zero-order valence-electron chi connectivity index (χ0n) is 8.84. The van der Waals surface area contributed by atoms with E-state index in [1.165, 1.54) is 19.2 Å². The molecule has 1 nitrogen and oxygen atoms in total. The second-order valence-corrected chi connectivity index (χ2v) is 3.06. The van der Waals surface area contributed by atoms with Crippen molar-refractivity contribution >= 4 is 12.4 Å². The van der Waals surface area contributed by atoms with Crippen LogP contribution in [0.3, 0.4) is 0 Å². The van der Waals surface area contributed by atoms with Crippen LogP contribution in [0.2, 0.25) is 0 Å². The van der Waals surface area contributed by atoms with Gasteiger partial charge in [-0.3, -0.25) is 0 Å². The Labute approximate surface area is 130 Å². The van der Waals surface area contributed by atoms with Gasteiger partial charge in [-0.15, -0.1) is 5.46 Å². The summed E-state index contributed by atoms with van der Waals surface area (Å²) in [6.45, 7) is -4.44. The van der Waals surface area contributed by atoms with Crippen LogP contribution in [0.5, 0.6) is 0 Å². The van der Waals surface area contributed by atoms with Crippen LogP contribution in [0.4, 0.5) is 12.9 Å². The second kappa shape index (κ2) is 7.09. The Hall–Kier alpha value is 0.671. The normalized spacial score (nSPS) is 10.9. The van der Waals surface area contributed by atoms with Crippen molar-refractivity contribution in [2.45, 2.75) is 6.42 Å². The zero-order chi connectivity index (χ0) is 10.6. The molecule has 1 aromatic carbocycles. The van der Waals surface area contributed by atoms with E-state index in [4.69, 9.17) is 4.74 Å². The van der Waals surface area contributed by atoms with Crippen LogP contribution < -0.4 is 56.8 Å². The maximum absolute atomic E-state index is 12.3. The molecular weight excluding hydrogens is 231 g/mol. The van der Waals surface area contributed by atoms with E-state index in [9.17, 15) is 12.9 Å². The van der Waals surface area contributed by atoms with Crippen molar-refractivity contribution < 1.29 is 69.1 Å². The Morgan fingerprint density at radius 1 is 1.27 bits per heavy atom. The topological polar surface area (TPSA) is 9.23 Å². The summed E-state index contributed by atoms with van der Waals surface area (Å²) in [5, 5.41) is 0. The van der Waals surface area contributed by atoms with Crippen molar-refractivity contribution in [2.75, 3.05) is 13.7 Å². The fourth-order valence-corrected chi connectivity index (χ4v) is 1.17. The Morgan fingerprint density at radius 2 is 1.93 bits per heavy atom. The SMILES string of the molecule is COCCc1cccc([B-](F)(F)F)c1.[K+]. The molecule has 15 heavy (non-hydrogen) atoms. The molecule has 0 heterocycles. The molecular formula is C9H11BF3KO. The molecule has 0 aliphatic heterocycles. The predicted molar refractivity (Wildman–Crippen MR) is 50.7 cm³/mol. The fraction of sp³-hybridized carbons (Fsp3) is 0.333. The first-order valence-corrected chi connectivity index (χ1v) is 4.32. The van der Waals surface area contributed by atoms with Gasteiger partial charge in [-0.1, -0.05) is 24.3 Å². The molecule has 0 fully saturated rings. The molecule has 0 amide bonds. The molecule has 1 aromatic rings. The number of rotatable bonds is 4. The molecule has 0 unspecified atom stereocenters. The average Bonchev–Trinajstić information content (AvgIpc) is 2.14. The third kappa shape index (κ3) is 5.51. The summed E-state index contributed by atoms with van der Waals surface area (Å²) in [6.07, 6.45) is 0.510. The quantitative estimate of drug-likeness (QED) is 0.611. The number of benzene rings is 1. The third-order valence-electron chi connectivity index (χ3n) is 1.92. The van der Waals surface area contributed by atoms with E-state index in [0.717, 1.165) is 6.07 Å². The van der Waals surface area contributed by atoms with Crippen LogP contribution in [-0.4, -0.2) is 20.7 Å². The molecule has 1 rings (SSSR count). The maximum atomic E-state index is 12.3. The molecule has 78 valence electrons. The first kappa shape index (κ1) is 15.7. The van der Waals surface area contributed by atoms with Crippen molar-refractivity contribution in [1.29, 1.82) is 0 Å². The van der Waals surface area contributed by atoms with E-state index in [2.05, 4.69) is 0 Å². The number of ether oxygens (including phenoxy) is 1. The molecule has 0 aliphatic carbocycles. The summed E-state index contributed by atoms with van der Waals surface area (Å²) in [5.41, 5.74) is 0.113. The van der Waals surface area contributed by atoms with Gasteiger partial charge in [0.15, 0.2) is 0 Å². The number of hydrogen-bond acceptors (Lipinski definition) is 1. The summed E-state index contributed by atoms with van der Waals surface area (Å²) in [5.74, 6) is 0. The van der Waals surface area contributed by atoms with E-state index in [1.807, 2.05) is 0 Å². The van der Waals surface area contributed by atoms with Crippen LogP contribution in [0.15, 0.2) is 24.3 Å². The van der Waals surface area contributed by atoms with Crippen molar-refractivity contribution in [3.63, 3.8) is 0 Å². The van der Waals surface area contributed by atoms with E-state index in [-0.39, 0.29) is 51.4 Å². The molecule has 0 aromatic heterocycles. The number of methoxy groups -OCH3 is 1. The standard InChI is InChI=1S/C9H11BF3O.K/c1-14-6-5-8-3-2-4-9(7-8)10(11,12)13;/h2-4,7H,5-6H2,1H3;/q-1;+1. The van der Waals surface area contributed by atoms with Gasteiger partial charge < -0.3 is 17.7 Å². The first-order valence-electron chi connectivity index (χ1n) is 4.32. The van der Waals surface area contributed by atoms with Crippen molar-refractivity contribution in [1.82, 2.24) is 0 Å². The van der Waals surface area contributed by atoms with Crippen LogP contribution >= 0.6 is 0 Å². The zero-order valence-corrected chi connectivity index (χ0v) is 12.0. The summed E-state index contributed by atoms with van der Waals surface area (Å²) < 4.78 is 41.8. The van der Waals surface area contributed by atoms with E-state index < -0.39 is 12.4 Å². The Balaban J connectivity index is 0.00000196.